The maximum atomic E-state index is 6.83. The number of rotatable bonds is 2. The van der Waals surface area contributed by atoms with Gasteiger partial charge < -0.3 is 9.58 Å². The van der Waals surface area contributed by atoms with Crippen LogP contribution in [0.4, 0.5) is 5.82 Å². The monoisotopic (exact) mass is 196 g/mol. The first-order valence-electron chi connectivity index (χ1n) is 4.46. The number of hydrogen-bond donors (Lipinski definition) is 0. The predicted octanol–water partition coefficient (Wildman–Crippen LogP) is 3.42. The minimum Gasteiger partial charge on any atom is -0.421 e. The fraction of sp³-hybridized carbons (Fsp3) is 0. The fourth-order valence-electron chi connectivity index (χ4n) is 1.13. The zero-order valence-corrected chi connectivity index (χ0v) is 7.92. The Morgan fingerprint density at radius 2 is 1.80 bits per heavy atom. The lowest BCUT2D eigenvalue weighted by molar-refractivity contribution is 0.464. The molecule has 0 N–H and O–H groups in total. The lowest BCUT2D eigenvalue weighted by Crippen LogP contribution is -1.86. The SMILES string of the molecule is [C-]#[N+]c1cccc(Oc2ccccc2)n1. The number of nitrogens with zero attached hydrogens (tertiary/aromatic N) is 2. The summed E-state index contributed by atoms with van der Waals surface area (Å²) in [5, 5.41) is 0. The Hall–Kier alpha value is -2.34. The van der Waals surface area contributed by atoms with E-state index >= 15 is 0 Å². The summed E-state index contributed by atoms with van der Waals surface area (Å²) >= 11 is 0. The van der Waals surface area contributed by atoms with Crippen molar-refractivity contribution in [1.29, 1.82) is 0 Å². The van der Waals surface area contributed by atoms with Crippen molar-refractivity contribution in [3.63, 3.8) is 0 Å². The van der Waals surface area contributed by atoms with Crippen LogP contribution in [0, 0.1) is 6.57 Å². The van der Waals surface area contributed by atoms with Crippen LogP contribution in [-0.4, -0.2) is 4.98 Å². The second kappa shape index (κ2) is 4.25. The minimum atomic E-state index is 0.337. The average Bonchev–Trinajstić information content (AvgIpc) is 2.31. The summed E-state index contributed by atoms with van der Waals surface area (Å²) in [5.74, 6) is 1.49. The molecule has 2 rings (SSSR count). The summed E-state index contributed by atoms with van der Waals surface area (Å²) in [7, 11) is 0. The maximum Gasteiger partial charge on any atom is 0.314 e. The number of benzene rings is 1. The fourth-order valence-corrected chi connectivity index (χ4v) is 1.13. The van der Waals surface area contributed by atoms with Gasteiger partial charge in [-0.3, -0.25) is 0 Å². The zero-order valence-electron chi connectivity index (χ0n) is 7.92. The van der Waals surface area contributed by atoms with E-state index in [4.69, 9.17) is 11.3 Å². The van der Waals surface area contributed by atoms with Crippen molar-refractivity contribution >= 4 is 5.82 Å². The van der Waals surface area contributed by atoms with Gasteiger partial charge in [-0.15, -0.1) is 0 Å². The first-order valence-corrected chi connectivity index (χ1v) is 4.46. The lowest BCUT2D eigenvalue weighted by atomic mass is 10.3. The first-order chi connectivity index (χ1) is 7.38. The van der Waals surface area contributed by atoms with E-state index in [2.05, 4.69) is 9.83 Å². The molecule has 2 aromatic rings. The van der Waals surface area contributed by atoms with Crippen molar-refractivity contribution < 1.29 is 4.74 Å². The average molecular weight is 196 g/mol. The quantitative estimate of drug-likeness (QED) is 0.688. The van der Waals surface area contributed by atoms with Crippen LogP contribution in [-0.2, 0) is 0 Å². The summed E-state index contributed by atoms with van der Waals surface area (Å²) in [6, 6.07) is 14.5. The van der Waals surface area contributed by atoms with Crippen molar-refractivity contribution in [2.75, 3.05) is 0 Å². The van der Waals surface area contributed by atoms with E-state index in [1.807, 2.05) is 30.3 Å². The Morgan fingerprint density at radius 3 is 2.53 bits per heavy atom. The van der Waals surface area contributed by atoms with E-state index in [1.165, 1.54) is 0 Å². The topological polar surface area (TPSA) is 26.5 Å². The van der Waals surface area contributed by atoms with E-state index in [9.17, 15) is 0 Å². The maximum absolute atomic E-state index is 6.83. The summed E-state index contributed by atoms with van der Waals surface area (Å²) in [5.41, 5.74) is 0. The predicted molar refractivity (Wildman–Crippen MR) is 57.0 cm³/mol. The molecule has 15 heavy (non-hydrogen) atoms. The standard InChI is InChI=1S/C12H8N2O/c1-13-11-8-5-9-12(14-11)15-10-6-3-2-4-7-10/h2-9H. The van der Waals surface area contributed by atoms with Crippen LogP contribution in [0.1, 0.15) is 0 Å². The van der Waals surface area contributed by atoms with Gasteiger partial charge in [-0.1, -0.05) is 35.8 Å². The van der Waals surface area contributed by atoms with Crippen LogP contribution >= 0.6 is 0 Å². The first kappa shape index (κ1) is 9.22. The molecule has 0 amide bonds. The van der Waals surface area contributed by atoms with Gasteiger partial charge in [-0.2, -0.15) is 0 Å². The van der Waals surface area contributed by atoms with Gasteiger partial charge in [0.25, 0.3) is 5.82 Å². The van der Waals surface area contributed by atoms with Crippen LogP contribution in [0.5, 0.6) is 11.6 Å². The highest BCUT2D eigenvalue weighted by molar-refractivity contribution is 5.38. The largest absolute Gasteiger partial charge is 0.421 e. The van der Waals surface area contributed by atoms with E-state index < -0.39 is 0 Å². The van der Waals surface area contributed by atoms with Crippen LogP contribution in [0.25, 0.3) is 4.85 Å². The molecule has 0 radical (unpaired) electrons. The number of ether oxygens (including phenoxy) is 1. The van der Waals surface area contributed by atoms with Gasteiger partial charge in [0.05, 0.1) is 0 Å². The van der Waals surface area contributed by atoms with E-state index in [-0.39, 0.29) is 0 Å². The van der Waals surface area contributed by atoms with Crippen molar-refractivity contribution in [3.05, 3.63) is 59.9 Å². The Kier molecular flexibility index (Phi) is 2.61. The zero-order chi connectivity index (χ0) is 10.5. The van der Waals surface area contributed by atoms with Crippen LogP contribution in [0.15, 0.2) is 48.5 Å². The molecule has 0 spiro atoms. The smallest absolute Gasteiger partial charge is 0.314 e. The third kappa shape index (κ3) is 2.32. The van der Waals surface area contributed by atoms with Gasteiger partial charge >= 0.3 is 5.88 Å². The molecule has 0 aliphatic heterocycles. The van der Waals surface area contributed by atoms with Crippen molar-refractivity contribution in [2.24, 2.45) is 0 Å². The highest BCUT2D eigenvalue weighted by Gasteiger charge is 2.02. The van der Waals surface area contributed by atoms with Gasteiger partial charge in [0.15, 0.2) is 0 Å². The molecule has 0 saturated carbocycles. The molecular formula is C12H8N2O. The highest BCUT2D eigenvalue weighted by Crippen LogP contribution is 2.20. The third-order valence-electron chi connectivity index (χ3n) is 1.79. The molecule has 1 heterocycles. The van der Waals surface area contributed by atoms with Gasteiger partial charge in [-0.25, -0.2) is 0 Å². The lowest BCUT2D eigenvalue weighted by Gasteiger charge is -2.00. The van der Waals surface area contributed by atoms with Crippen LogP contribution < -0.4 is 4.74 Å². The van der Waals surface area contributed by atoms with Crippen molar-refractivity contribution in [2.45, 2.75) is 0 Å². The molecule has 0 bridgehead atoms. The Morgan fingerprint density at radius 1 is 1.00 bits per heavy atom. The molecule has 0 unspecified atom stereocenters. The summed E-state index contributed by atoms with van der Waals surface area (Å²) in [6.07, 6.45) is 0. The molecule has 1 aromatic heterocycles. The van der Waals surface area contributed by atoms with Crippen LogP contribution in [0.3, 0.4) is 0 Å². The second-order valence-electron chi connectivity index (χ2n) is 2.86. The number of para-hydroxylation sites is 1. The number of aromatic nitrogens is 1. The summed E-state index contributed by atoms with van der Waals surface area (Å²) in [6.45, 7) is 6.83. The highest BCUT2D eigenvalue weighted by atomic mass is 16.5. The number of hydrogen-bond acceptors (Lipinski definition) is 2. The number of pyridine rings is 1. The minimum absolute atomic E-state index is 0.337. The third-order valence-corrected chi connectivity index (χ3v) is 1.79. The van der Waals surface area contributed by atoms with E-state index in [0.29, 0.717) is 17.4 Å². The van der Waals surface area contributed by atoms with Gasteiger partial charge in [0.1, 0.15) is 5.75 Å². The second-order valence-corrected chi connectivity index (χ2v) is 2.86. The molecule has 0 saturated heterocycles. The molecule has 0 fully saturated rings. The molecule has 0 aliphatic rings. The van der Waals surface area contributed by atoms with E-state index in [1.54, 1.807) is 18.2 Å². The molecule has 72 valence electrons. The van der Waals surface area contributed by atoms with Crippen molar-refractivity contribution in [3.8, 4) is 11.6 Å². The van der Waals surface area contributed by atoms with Crippen LogP contribution in [0.2, 0.25) is 0 Å². The Labute approximate surface area is 87.8 Å². The van der Waals surface area contributed by atoms with Crippen molar-refractivity contribution in [1.82, 2.24) is 4.98 Å². The molecular weight excluding hydrogens is 188 g/mol. The molecule has 0 aliphatic carbocycles. The van der Waals surface area contributed by atoms with E-state index in [0.717, 1.165) is 0 Å². The summed E-state index contributed by atoms with van der Waals surface area (Å²) < 4.78 is 5.47. The van der Waals surface area contributed by atoms with Gasteiger partial charge in [-0.05, 0) is 18.2 Å². The Balaban J connectivity index is 2.22. The summed E-state index contributed by atoms with van der Waals surface area (Å²) in [4.78, 5) is 7.24. The molecule has 0 atom stereocenters. The normalized spacial score (nSPS) is 9.27. The van der Waals surface area contributed by atoms with Gasteiger partial charge in [0, 0.05) is 6.07 Å². The molecule has 1 aromatic carbocycles. The Bertz CT molecular complexity index is 488. The molecule has 3 nitrogen and oxygen atoms in total. The van der Waals surface area contributed by atoms with Gasteiger partial charge in [0.2, 0.25) is 0 Å². The molecule has 3 heteroatoms.